The largest absolute Gasteiger partial charge is 0.449 e. The molecule has 0 N–H and O–H groups in total. The molecular formula is C26H30ClN5O3. The molecule has 35 heavy (non-hydrogen) atoms. The van der Waals surface area contributed by atoms with Gasteiger partial charge in [-0.25, -0.2) is 4.79 Å². The van der Waals surface area contributed by atoms with Gasteiger partial charge in [0.15, 0.2) is 0 Å². The van der Waals surface area contributed by atoms with E-state index in [1.165, 1.54) is 5.56 Å². The fourth-order valence-electron chi connectivity index (χ4n) is 5.01. The highest BCUT2D eigenvalue weighted by Gasteiger charge is 2.28. The average molecular weight is 496 g/mol. The van der Waals surface area contributed by atoms with Crippen LogP contribution in [0.2, 0.25) is 5.02 Å². The van der Waals surface area contributed by atoms with E-state index in [0.29, 0.717) is 44.3 Å². The second-order valence-electron chi connectivity index (χ2n) is 9.36. The van der Waals surface area contributed by atoms with Gasteiger partial charge in [0.1, 0.15) is 0 Å². The number of fused-ring (bicyclic) bond motifs is 2. The molecule has 2 aliphatic rings. The molecule has 1 aliphatic heterocycles. The Labute approximate surface area is 209 Å². The van der Waals surface area contributed by atoms with Gasteiger partial charge in [0.2, 0.25) is 0 Å². The Morgan fingerprint density at radius 3 is 2.66 bits per heavy atom. The van der Waals surface area contributed by atoms with Crippen molar-refractivity contribution in [2.24, 2.45) is 7.05 Å². The number of ether oxygens (including phenoxy) is 1. The number of aryl methyl sites for hydroxylation is 1. The Bertz CT molecular complexity index is 1270. The van der Waals surface area contributed by atoms with Crippen LogP contribution in [0.25, 0.3) is 10.9 Å². The summed E-state index contributed by atoms with van der Waals surface area (Å²) >= 11 is 6.82. The van der Waals surface area contributed by atoms with Crippen LogP contribution in [0, 0.1) is 0 Å². The van der Waals surface area contributed by atoms with E-state index in [1.54, 1.807) is 9.80 Å². The quantitative estimate of drug-likeness (QED) is 0.542. The molecule has 8 nitrogen and oxygen atoms in total. The molecule has 0 radical (unpaired) electrons. The van der Waals surface area contributed by atoms with Crippen LogP contribution in [0.1, 0.15) is 52.9 Å². The van der Waals surface area contributed by atoms with Crippen molar-refractivity contribution >= 4 is 34.5 Å². The standard InChI is InChI=1S/C26H30ClN5O3/c1-3-12-35-26(34)32-10-8-31(9-11-32)25(33)18-5-7-21-23(14-18)29-22-13-17(4-6-20(22)24(21)27)19-15-28-30(2)16-19/h5,7,14-17H,3-4,6,8-13H2,1-2H3. The number of benzene rings is 1. The summed E-state index contributed by atoms with van der Waals surface area (Å²) in [5.41, 5.74) is 4.67. The Morgan fingerprint density at radius 1 is 1.17 bits per heavy atom. The van der Waals surface area contributed by atoms with Crippen LogP contribution in [0.5, 0.6) is 0 Å². The third kappa shape index (κ3) is 4.72. The van der Waals surface area contributed by atoms with Crippen LogP contribution >= 0.6 is 11.6 Å². The van der Waals surface area contributed by atoms with Gasteiger partial charge < -0.3 is 14.5 Å². The van der Waals surface area contributed by atoms with E-state index in [2.05, 4.69) is 11.3 Å². The van der Waals surface area contributed by atoms with Crippen LogP contribution in [0.15, 0.2) is 30.6 Å². The van der Waals surface area contributed by atoms with E-state index in [9.17, 15) is 9.59 Å². The summed E-state index contributed by atoms with van der Waals surface area (Å²) in [6, 6.07) is 5.58. The van der Waals surface area contributed by atoms with E-state index in [0.717, 1.165) is 52.9 Å². The Balaban J connectivity index is 1.33. The van der Waals surface area contributed by atoms with Crippen molar-refractivity contribution < 1.29 is 14.3 Å². The van der Waals surface area contributed by atoms with Gasteiger partial charge in [0.25, 0.3) is 5.91 Å². The van der Waals surface area contributed by atoms with Crippen LogP contribution < -0.4 is 0 Å². The van der Waals surface area contributed by atoms with Gasteiger partial charge in [-0.15, -0.1) is 0 Å². The molecule has 5 rings (SSSR count). The number of hydrogen-bond donors (Lipinski definition) is 0. The highest BCUT2D eigenvalue weighted by Crippen LogP contribution is 2.38. The first-order valence-corrected chi connectivity index (χ1v) is 12.6. The zero-order valence-electron chi connectivity index (χ0n) is 20.2. The van der Waals surface area contributed by atoms with Crippen molar-refractivity contribution in [1.29, 1.82) is 0 Å². The second-order valence-corrected chi connectivity index (χ2v) is 9.74. The summed E-state index contributed by atoms with van der Waals surface area (Å²) in [5.74, 6) is 0.305. The number of carbonyl (C=O) groups excluding carboxylic acids is 2. The molecule has 3 aromatic rings. The predicted molar refractivity (Wildman–Crippen MR) is 134 cm³/mol. The Hall–Kier alpha value is -3.13. The minimum absolute atomic E-state index is 0.0580. The molecule has 9 heteroatoms. The summed E-state index contributed by atoms with van der Waals surface area (Å²) in [5, 5.41) is 5.94. The lowest BCUT2D eigenvalue weighted by molar-refractivity contribution is 0.0560. The molecule has 1 fully saturated rings. The van der Waals surface area contributed by atoms with E-state index >= 15 is 0 Å². The van der Waals surface area contributed by atoms with Crippen molar-refractivity contribution in [3.63, 3.8) is 0 Å². The van der Waals surface area contributed by atoms with Gasteiger partial charge in [-0.2, -0.15) is 5.10 Å². The molecule has 1 unspecified atom stereocenters. The number of rotatable bonds is 4. The number of hydrogen-bond acceptors (Lipinski definition) is 5. The van der Waals surface area contributed by atoms with Crippen LogP contribution in [-0.4, -0.2) is 69.4 Å². The minimum atomic E-state index is -0.308. The van der Waals surface area contributed by atoms with Crippen LogP contribution in [-0.2, 0) is 24.6 Å². The van der Waals surface area contributed by atoms with Crippen molar-refractivity contribution in [3.8, 4) is 0 Å². The zero-order valence-corrected chi connectivity index (χ0v) is 20.9. The highest BCUT2D eigenvalue weighted by atomic mass is 35.5. The summed E-state index contributed by atoms with van der Waals surface area (Å²) in [6.07, 6.45) is 7.18. The Kier molecular flexibility index (Phi) is 6.65. The number of carbonyl (C=O) groups is 2. The molecule has 0 saturated carbocycles. The van der Waals surface area contributed by atoms with Gasteiger partial charge in [-0.1, -0.05) is 24.6 Å². The monoisotopic (exact) mass is 495 g/mol. The highest BCUT2D eigenvalue weighted by molar-refractivity contribution is 6.36. The summed E-state index contributed by atoms with van der Waals surface area (Å²) in [6.45, 7) is 4.26. The maximum Gasteiger partial charge on any atom is 0.409 e. The van der Waals surface area contributed by atoms with Crippen LogP contribution in [0.3, 0.4) is 0 Å². The first-order valence-electron chi connectivity index (χ1n) is 12.2. The van der Waals surface area contributed by atoms with Gasteiger partial charge in [-0.05, 0) is 54.9 Å². The molecule has 1 aliphatic carbocycles. The smallest absolute Gasteiger partial charge is 0.409 e. The minimum Gasteiger partial charge on any atom is -0.449 e. The average Bonchev–Trinajstić information content (AvgIpc) is 3.32. The third-order valence-corrected chi connectivity index (χ3v) is 7.42. The van der Waals surface area contributed by atoms with E-state index < -0.39 is 0 Å². The second kappa shape index (κ2) is 9.85. The predicted octanol–water partition coefficient (Wildman–Crippen LogP) is 4.20. The van der Waals surface area contributed by atoms with Gasteiger partial charge >= 0.3 is 6.09 Å². The number of halogens is 1. The molecular weight excluding hydrogens is 466 g/mol. The first kappa shape index (κ1) is 23.6. The fourth-order valence-corrected chi connectivity index (χ4v) is 5.38. The number of nitrogens with zero attached hydrogens (tertiary/aromatic N) is 5. The van der Waals surface area contributed by atoms with E-state index in [1.807, 2.05) is 43.0 Å². The van der Waals surface area contributed by atoms with Crippen molar-refractivity contribution in [1.82, 2.24) is 24.6 Å². The SMILES string of the molecule is CCCOC(=O)N1CCN(C(=O)c2ccc3c(Cl)c4c(nc3c2)CC(c2cnn(C)c2)CC4)CC1. The molecule has 0 spiro atoms. The fraction of sp³-hybridized carbons (Fsp3) is 0.462. The van der Waals surface area contributed by atoms with Crippen molar-refractivity contribution in [3.05, 3.63) is 58.0 Å². The summed E-state index contributed by atoms with van der Waals surface area (Å²) in [7, 11) is 1.93. The third-order valence-electron chi connectivity index (χ3n) is 6.98. The molecule has 2 amide bonds. The molecule has 1 saturated heterocycles. The van der Waals surface area contributed by atoms with E-state index in [4.69, 9.17) is 21.3 Å². The normalized spacial score (nSPS) is 18.0. The molecule has 1 atom stereocenters. The number of amides is 2. The maximum absolute atomic E-state index is 13.2. The maximum atomic E-state index is 13.2. The lowest BCUT2D eigenvalue weighted by Crippen LogP contribution is -2.50. The topological polar surface area (TPSA) is 80.6 Å². The number of piperazine rings is 1. The van der Waals surface area contributed by atoms with Gasteiger partial charge in [-0.3, -0.25) is 14.5 Å². The lowest BCUT2D eigenvalue weighted by Gasteiger charge is -2.34. The van der Waals surface area contributed by atoms with Gasteiger partial charge in [0, 0.05) is 56.1 Å². The number of pyridine rings is 1. The number of aromatic nitrogens is 3. The van der Waals surface area contributed by atoms with Crippen molar-refractivity contribution in [2.75, 3.05) is 32.8 Å². The van der Waals surface area contributed by atoms with Gasteiger partial charge in [0.05, 0.1) is 23.3 Å². The molecule has 2 aromatic heterocycles. The Morgan fingerprint density at radius 2 is 1.94 bits per heavy atom. The first-order chi connectivity index (χ1) is 16.9. The molecule has 184 valence electrons. The zero-order chi connectivity index (χ0) is 24.5. The van der Waals surface area contributed by atoms with Crippen molar-refractivity contribution in [2.45, 2.75) is 38.5 Å². The lowest BCUT2D eigenvalue weighted by atomic mass is 9.83. The summed E-state index contributed by atoms with van der Waals surface area (Å²) < 4.78 is 7.04. The van der Waals surface area contributed by atoms with Crippen LogP contribution in [0.4, 0.5) is 4.79 Å². The van der Waals surface area contributed by atoms with E-state index in [-0.39, 0.29) is 12.0 Å². The molecule has 3 heterocycles. The molecule has 1 aromatic carbocycles. The summed E-state index contributed by atoms with van der Waals surface area (Å²) in [4.78, 5) is 33.7. The molecule has 0 bridgehead atoms.